The SMILES string of the molecule is CCCCC(CC)COc1ccc(C2(c3ccc(OCC4(CC)COC4)cc3)c3ccccc3-c3ccc(N(c4ccccc4)c4ccc(-c5ccc(N(c6ccccc6)c6ccc7c(c6)C(c6ccc(OCC(CC)CCCC)cc6)(c6ccc(OCC8(CC)COC8)cc6)c6ccccc6-7)cc5)cc4)cc32)cc1. The molecule has 0 bridgehead atoms. The van der Waals surface area contributed by atoms with Gasteiger partial charge in [-0.15, -0.1) is 0 Å². The van der Waals surface area contributed by atoms with E-state index in [1.165, 1.54) is 105 Å². The van der Waals surface area contributed by atoms with Gasteiger partial charge in [0.2, 0.25) is 0 Å². The van der Waals surface area contributed by atoms with Crippen molar-refractivity contribution in [1.82, 2.24) is 0 Å². The summed E-state index contributed by atoms with van der Waals surface area (Å²) in [6.45, 7) is 19.2. The number of rotatable bonds is 33. The van der Waals surface area contributed by atoms with Crippen LogP contribution >= 0.6 is 0 Å². The third kappa shape index (κ3) is 14.1. The summed E-state index contributed by atoms with van der Waals surface area (Å²) in [5, 5.41) is 0. The minimum absolute atomic E-state index is 0.0592. The third-order valence-corrected chi connectivity index (χ3v) is 24.6. The van der Waals surface area contributed by atoms with Crippen LogP contribution in [-0.4, -0.2) is 52.9 Å². The molecule has 0 amide bonds. The summed E-state index contributed by atoms with van der Waals surface area (Å²) in [5.74, 6) is 4.57. The summed E-state index contributed by atoms with van der Waals surface area (Å²) in [4.78, 5) is 4.82. The lowest BCUT2D eigenvalue weighted by molar-refractivity contribution is -0.133. The Morgan fingerprint density at radius 1 is 0.309 bits per heavy atom. The van der Waals surface area contributed by atoms with E-state index in [0.29, 0.717) is 38.3 Å². The average Bonchev–Trinajstić information content (AvgIpc) is 1.54. The van der Waals surface area contributed by atoms with Crippen LogP contribution in [0, 0.1) is 22.7 Å². The van der Waals surface area contributed by atoms with Gasteiger partial charge in [0, 0.05) is 34.1 Å². The van der Waals surface area contributed by atoms with Crippen molar-refractivity contribution in [3.8, 4) is 56.4 Å². The molecule has 2 aliphatic carbocycles. The number of anilines is 6. The van der Waals surface area contributed by atoms with E-state index in [1.807, 2.05) is 0 Å². The van der Waals surface area contributed by atoms with E-state index in [2.05, 4.69) is 343 Å². The van der Waals surface area contributed by atoms with Crippen molar-refractivity contribution in [3.63, 3.8) is 0 Å². The topological polar surface area (TPSA) is 61.9 Å². The highest BCUT2D eigenvalue weighted by atomic mass is 16.5. The molecule has 4 atom stereocenters. The summed E-state index contributed by atoms with van der Waals surface area (Å²) >= 11 is 0. The van der Waals surface area contributed by atoms with Crippen LogP contribution in [0.4, 0.5) is 34.1 Å². The van der Waals surface area contributed by atoms with Crippen LogP contribution in [-0.2, 0) is 20.3 Å². The maximum absolute atomic E-state index is 6.62. The molecule has 0 saturated carbocycles. The van der Waals surface area contributed by atoms with Gasteiger partial charge < -0.3 is 38.2 Å². The number of ether oxygens (including phenoxy) is 6. The molecule has 0 N–H and O–H groups in total. The van der Waals surface area contributed by atoms with Gasteiger partial charge in [0.1, 0.15) is 23.0 Å². The molecule has 2 saturated heterocycles. The number of benzene rings is 12. The lowest BCUT2D eigenvalue weighted by Gasteiger charge is -2.40. The van der Waals surface area contributed by atoms with Crippen LogP contribution in [0.1, 0.15) is 150 Å². The van der Waals surface area contributed by atoms with Crippen molar-refractivity contribution < 1.29 is 28.4 Å². The van der Waals surface area contributed by atoms with Crippen molar-refractivity contribution in [2.45, 2.75) is 117 Å². The van der Waals surface area contributed by atoms with Crippen molar-refractivity contribution in [2.75, 3.05) is 62.7 Å². The minimum atomic E-state index is -0.689. The second kappa shape index (κ2) is 32.5. The molecule has 12 aromatic carbocycles. The molecule has 2 fully saturated rings. The Kier molecular flexibility index (Phi) is 21.7. The van der Waals surface area contributed by atoms with Gasteiger partial charge in [-0.1, -0.05) is 250 Å². The van der Waals surface area contributed by atoms with E-state index >= 15 is 0 Å². The van der Waals surface area contributed by atoms with Gasteiger partial charge in [-0.25, -0.2) is 0 Å². The quantitative estimate of drug-likeness (QED) is 0.0403. The number of unbranched alkanes of at least 4 members (excludes halogenated alkanes) is 2. The molecule has 110 heavy (non-hydrogen) atoms. The molecule has 0 radical (unpaired) electrons. The Morgan fingerprint density at radius 2 is 0.618 bits per heavy atom. The number of hydrogen-bond acceptors (Lipinski definition) is 8. The predicted molar refractivity (Wildman–Crippen MR) is 452 cm³/mol. The zero-order valence-electron chi connectivity index (χ0n) is 64.9. The zero-order valence-corrected chi connectivity index (χ0v) is 64.9. The Bertz CT molecular complexity index is 4720. The standard InChI is InChI=1S/C102H104N2O6/c1-7-13-25-73(9-3)65-107-87-53-39-77(40-54-87)101(79-43-57-89(58-44-79)109-71-99(11-5)67-105-68-99)95-33-23-21-31-91(95)93-61-51-85(63-97(93)101)103(81-27-17-15-18-28-81)83-47-35-75(36-48-83)76-37-49-84(50-38-76)104(82-29-19-16-20-30-82)86-52-62-94-92-32-22-24-34-96(92)102(98(94)64-86,78-41-55-88(56-42-78)108-66-74(10-4)26-14-8-2)80-45-59-90(60-46-80)110-72-100(12-6)69-106-70-100/h15-24,27-64,73-74H,7-14,25-26,65-72H2,1-6H3. The van der Waals surface area contributed by atoms with E-state index in [0.717, 1.165) is 120 Å². The van der Waals surface area contributed by atoms with E-state index in [-0.39, 0.29) is 10.8 Å². The number of hydrogen-bond donors (Lipinski definition) is 0. The molecule has 16 rings (SSSR count). The Hall–Kier alpha value is -10.6. The van der Waals surface area contributed by atoms with Gasteiger partial charge in [0.25, 0.3) is 0 Å². The summed E-state index contributed by atoms with van der Waals surface area (Å²) in [6.07, 6.45) is 11.4. The molecule has 558 valence electrons. The number of nitrogens with zero attached hydrogens (tertiary/aromatic N) is 2. The maximum Gasteiger partial charge on any atom is 0.119 e. The van der Waals surface area contributed by atoms with Gasteiger partial charge in [-0.05, 0) is 237 Å². The highest BCUT2D eigenvalue weighted by molar-refractivity contribution is 5.92. The Labute approximate surface area is 652 Å². The lowest BCUT2D eigenvalue weighted by Crippen LogP contribution is -2.46. The highest BCUT2D eigenvalue weighted by Crippen LogP contribution is 2.60. The van der Waals surface area contributed by atoms with E-state index in [4.69, 9.17) is 28.4 Å². The fourth-order valence-corrected chi connectivity index (χ4v) is 17.5. The average molecular weight is 1450 g/mol. The van der Waals surface area contributed by atoms with Crippen molar-refractivity contribution in [2.24, 2.45) is 22.7 Å². The summed E-state index contributed by atoms with van der Waals surface area (Å²) in [6, 6.07) is 108. The predicted octanol–water partition coefficient (Wildman–Crippen LogP) is 25.8. The molecule has 2 heterocycles. The lowest BCUT2D eigenvalue weighted by atomic mass is 9.67. The molecule has 12 aromatic rings. The minimum Gasteiger partial charge on any atom is -0.493 e. The van der Waals surface area contributed by atoms with Gasteiger partial charge in [0.15, 0.2) is 0 Å². The third-order valence-electron chi connectivity index (χ3n) is 24.6. The van der Waals surface area contributed by atoms with Crippen LogP contribution in [0.2, 0.25) is 0 Å². The fourth-order valence-electron chi connectivity index (χ4n) is 17.5. The summed E-state index contributed by atoms with van der Waals surface area (Å²) in [7, 11) is 0. The van der Waals surface area contributed by atoms with Crippen molar-refractivity contribution in [3.05, 3.63) is 336 Å². The first-order valence-corrected chi connectivity index (χ1v) is 40.6. The molecule has 2 aliphatic heterocycles. The van der Waals surface area contributed by atoms with E-state index < -0.39 is 10.8 Å². The molecule has 4 unspecified atom stereocenters. The molecule has 8 heteroatoms. The largest absolute Gasteiger partial charge is 0.493 e. The zero-order chi connectivity index (χ0) is 75.1. The van der Waals surface area contributed by atoms with Crippen LogP contribution in [0.25, 0.3) is 33.4 Å². The number of fused-ring (bicyclic) bond motifs is 6. The Morgan fingerprint density at radius 3 is 0.936 bits per heavy atom. The monoisotopic (exact) mass is 1450 g/mol. The van der Waals surface area contributed by atoms with E-state index in [9.17, 15) is 0 Å². The normalized spacial score (nSPS) is 17.3. The van der Waals surface area contributed by atoms with Crippen LogP contribution in [0.15, 0.2) is 291 Å². The molecule has 8 nitrogen and oxygen atoms in total. The second-order valence-electron chi connectivity index (χ2n) is 31.3. The first-order valence-electron chi connectivity index (χ1n) is 40.6. The molecular weight excluding hydrogens is 1350 g/mol. The van der Waals surface area contributed by atoms with Gasteiger partial charge in [0.05, 0.1) is 74.5 Å². The molecule has 0 spiro atoms. The Balaban J connectivity index is 0.744. The maximum atomic E-state index is 6.62. The van der Waals surface area contributed by atoms with Gasteiger partial charge >= 0.3 is 0 Å². The molecule has 0 aromatic heterocycles. The smallest absolute Gasteiger partial charge is 0.119 e. The first kappa shape index (κ1) is 73.5. The van der Waals surface area contributed by atoms with Crippen LogP contribution in [0.5, 0.6) is 23.0 Å². The van der Waals surface area contributed by atoms with Crippen molar-refractivity contribution >= 4 is 34.1 Å². The molecule has 4 aliphatic rings. The first-order chi connectivity index (χ1) is 54.1. The van der Waals surface area contributed by atoms with Crippen molar-refractivity contribution in [1.29, 1.82) is 0 Å². The van der Waals surface area contributed by atoms with E-state index in [1.54, 1.807) is 0 Å². The van der Waals surface area contributed by atoms with Crippen LogP contribution in [0.3, 0.4) is 0 Å². The van der Waals surface area contributed by atoms with Crippen LogP contribution < -0.4 is 28.7 Å². The number of para-hydroxylation sites is 2. The highest BCUT2D eigenvalue weighted by Gasteiger charge is 2.49. The summed E-state index contributed by atoms with van der Waals surface area (Å²) in [5.41, 5.74) is 21.9. The van der Waals surface area contributed by atoms with Gasteiger partial charge in [-0.2, -0.15) is 0 Å². The second-order valence-corrected chi connectivity index (χ2v) is 31.3. The molecular formula is C102H104N2O6. The van der Waals surface area contributed by atoms with Gasteiger partial charge in [-0.3, -0.25) is 0 Å². The summed E-state index contributed by atoms with van der Waals surface area (Å²) < 4.78 is 37.8. The fraction of sp³-hybridized carbons (Fsp3) is 0.294.